The maximum Gasteiger partial charge on any atom is 0.243 e. The Bertz CT molecular complexity index is 2590. The molecule has 11 rings (SSSR count). The zero-order valence-electron chi connectivity index (χ0n) is 53.4. The Morgan fingerprint density at radius 2 is 1.49 bits per heavy atom. The largest absolute Gasteiger partial charge is 0.779 e. The first-order chi connectivity index (χ1) is 42.5. The van der Waals surface area contributed by atoms with Crippen molar-refractivity contribution in [1.82, 2.24) is 31.1 Å². The van der Waals surface area contributed by atoms with Crippen molar-refractivity contribution in [1.29, 1.82) is 0 Å². The number of unbranched alkanes of at least 4 members (excludes halogenated alkanes) is 3. The van der Waals surface area contributed by atoms with Crippen molar-refractivity contribution in [3.63, 3.8) is 0 Å². The molecule has 0 aromatic rings. The number of aliphatic hydroxyl groups excluding tert-OH is 1. The predicted molar refractivity (Wildman–Crippen MR) is 325 cm³/mol. The van der Waals surface area contributed by atoms with Crippen LogP contribution in [0.2, 0.25) is 0 Å². The molecule has 507 valence electrons. The van der Waals surface area contributed by atoms with Gasteiger partial charge in [0.05, 0.1) is 73.7 Å². The first kappa shape index (κ1) is 71.7. The van der Waals surface area contributed by atoms with Crippen molar-refractivity contribution in [3.05, 3.63) is 24.3 Å². The van der Waals surface area contributed by atoms with E-state index in [4.69, 9.17) is 55.3 Å². The summed E-state index contributed by atoms with van der Waals surface area (Å²) in [6.45, 7) is 15.1. The van der Waals surface area contributed by atoms with Gasteiger partial charge in [-0.15, -0.1) is 0 Å². The van der Waals surface area contributed by atoms with Crippen LogP contribution in [0.1, 0.15) is 156 Å². The van der Waals surface area contributed by atoms with Crippen LogP contribution in [0, 0.1) is 56.4 Å². The smallest absolute Gasteiger partial charge is 0.243 e. The van der Waals surface area contributed by atoms with Gasteiger partial charge in [0.15, 0.2) is 5.79 Å². The molecule has 0 aromatic heterocycles. The summed E-state index contributed by atoms with van der Waals surface area (Å²) in [6, 6.07) is -1.97. The average Bonchev–Trinajstić information content (AvgIpc) is 1.55. The van der Waals surface area contributed by atoms with Crippen molar-refractivity contribution in [2.24, 2.45) is 17.8 Å². The Hall–Kier alpha value is -2.63. The molecule has 3 unspecified atom stereocenters. The number of aliphatic hydroxyl groups is 1. The summed E-state index contributed by atoms with van der Waals surface area (Å²) in [5, 5.41) is 21.9. The standard InChI is InChI=1S/C65H100N6O17S.Tb/c1-34(2)55(69-52(74)15-10-9-12-23-71-54(76)30-51(89)64(71)79)63(78)68-44(14-11-13-22-70(6)7)62(77)67-33-53(75)66-32-39(73)28-49-56(80-8)43-27-38(72)26-41-17-19-46-57(83-41)61-60-59(85-46)58-50(86-60)31-65(87-58,88-61)21-20-42-25-36(4)45(81-42)18-16-40-24-35(3)37(5)47(82-40)29-48(43)84-49;/h34-35,39-51,55-61,73,89H,4-5,9-33H2,1-3,6-8H3,(H,66,75)(H,67,77)(H,68,78)(H,69,74);/p-1/t35-,39+,40+,41-,42+,43+,44+,45?,46+,47-,48+,49-,50?,51?,55+,56-,57+,58+,59+,60-,61+,65+;/m1./s1. The number of carbonyl (C=O) groups excluding carboxylic acids is 7. The van der Waals surface area contributed by atoms with E-state index in [1.54, 1.807) is 21.0 Å². The minimum atomic E-state index is -1.11. The van der Waals surface area contributed by atoms with E-state index in [-0.39, 0.29) is 187 Å². The number of amides is 6. The maximum absolute atomic E-state index is 14.6. The molecule has 1 radical (unpaired) electrons. The van der Waals surface area contributed by atoms with E-state index in [9.17, 15) is 38.7 Å². The van der Waals surface area contributed by atoms with Crippen LogP contribution in [0.15, 0.2) is 24.3 Å². The number of hydrogen-bond donors (Lipinski definition) is 5. The van der Waals surface area contributed by atoms with Crippen molar-refractivity contribution >= 4 is 53.9 Å². The molecule has 0 saturated carbocycles. The molecule has 11 heterocycles. The Balaban J connectivity index is 0.00000960. The number of hydrogen-bond acceptors (Lipinski definition) is 19. The number of fused-ring (bicyclic) bond motifs is 6. The number of methoxy groups -OCH3 is 1. The monoisotopic (exact) mass is 1430 g/mol. The molecule has 0 aromatic carbocycles. The fourth-order valence-corrected chi connectivity index (χ4v) is 15.8. The number of likely N-dealkylation sites (tertiary alicyclic amines) is 1. The molecule has 11 fully saturated rings. The van der Waals surface area contributed by atoms with Gasteiger partial charge in [-0.25, -0.2) is 0 Å². The van der Waals surface area contributed by atoms with Gasteiger partial charge in [0.1, 0.15) is 48.4 Å². The van der Waals surface area contributed by atoms with Gasteiger partial charge in [-0.2, -0.15) is 0 Å². The SMILES string of the molecule is C=C1C[C@@H]2CC[C@@]34CC5O[C@H]6[C@@H](O3)[C@H]3O[C@H](CC[C@@H]3O[C@H]6[C@H]5O4)CC(=O)C[C@@H]3[C@@H](OC)[C@@H](C[C@H](O)CNC(=O)CNC(=O)[C@H](CCCCN(C)C)NC(=O)[C@@H](NC(=O)CCCCCN4C(=O)CC([S-])C4=O)C(C)C)O[C@H]3C[C@H]3O[C@@H](CCC1O2)C[C@@H](C)C3=C.[Tb]. The number of nitrogens with one attached hydrogen (secondary N) is 4. The average molecular weight is 1430 g/mol. The van der Waals surface area contributed by atoms with Gasteiger partial charge in [-0.3, -0.25) is 38.5 Å². The first-order valence-corrected chi connectivity index (χ1v) is 33.7. The summed E-state index contributed by atoms with van der Waals surface area (Å²) in [6.07, 6.45) is 4.61. The van der Waals surface area contributed by atoms with E-state index < -0.39 is 89.9 Å². The van der Waals surface area contributed by atoms with Gasteiger partial charge in [-0.1, -0.05) is 45.6 Å². The number of ether oxygens (including phenoxy) is 9. The minimum Gasteiger partial charge on any atom is -0.779 e. The molecular weight excluding hydrogens is 1330 g/mol. The van der Waals surface area contributed by atoms with Gasteiger partial charge in [-0.05, 0) is 121 Å². The third-order valence-corrected chi connectivity index (χ3v) is 20.8. The number of ketones is 1. The topological polar surface area (TPSA) is 277 Å². The van der Waals surface area contributed by atoms with Crippen LogP contribution >= 0.6 is 0 Å². The van der Waals surface area contributed by atoms with Gasteiger partial charge < -0.3 is 86.5 Å². The van der Waals surface area contributed by atoms with Crippen molar-refractivity contribution in [3.8, 4) is 0 Å². The van der Waals surface area contributed by atoms with Crippen LogP contribution in [0.25, 0.3) is 0 Å². The van der Waals surface area contributed by atoms with Crippen molar-refractivity contribution in [2.75, 3.05) is 47.4 Å². The molecule has 23 nitrogen and oxygen atoms in total. The third kappa shape index (κ3) is 17.3. The summed E-state index contributed by atoms with van der Waals surface area (Å²) < 4.78 is 60.9. The maximum atomic E-state index is 14.6. The molecule has 6 amide bonds. The van der Waals surface area contributed by atoms with Gasteiger partial charge >= 0.3 is 0 Å². The van der Waals surface area contributed by atoms with Crippen molar-refractivity contribution in [2.45, 2.75) is 276 Å². The van der Waals surface area contributed by atoms with Gasteiger partial charge in [0, 0.05) is 116 Å². The number of nitrogens with zero attached hydrogens (tertiary/aromatic N) is 2. The van der Waals surface area contributed by atoms with Crippen molar-refractivity contribution < 1.29 is 120 Å². The summed E-state index contributed by atoms with van der Waals surface area (Å²) >= 11 is 5.05. The Labute approximate surface area is 566 Å². The summed E-state index contributed by atoms with van der Waals surface area (Å²) in [5.41, 5.74) is 2.04. The van der Waals surface area contributed by atoms with E-state index in [1.165, 1.54) is 4.90 Å². The third-order valence-electron chi connectivity index (χ3n) is 20.4. The molecule has 1 spiro atoms. The molecule has 11 aliphatic rings. The Morgan fingerprint density at radius 1 is 0.756 bits per heavy atom. The second-order valence-corrected chi connectivity index (χ2v) is 28.3. The zero-order valence-corrected chi connectivity index (χ0v) is 56.4. The van der Waals surface area contributed by atoms with E-state index in [0.29, 0.717) is 57.8 Å². The van der Waals surface area contributed by atoms with Crippen LogP contribution in [0.5, 0.6) is 0 Å². The normalized spacial score (nSPS) is 37.5. The van der Waals surface area contributed by atoms with E-state index in [2.05, 4.69) is 41.3 Å². The van der Waals surface area contributed by atoms with Crippen LogP contribution in [0.4, 0.5) is 0 Å². The molecule has 11 saturated heterocycles. The van der Waals surface area contributed by atoms with Crippen LogP contribution in [0.3, 0.4) is 0 Å². The van der Waals surface area contributed by atoms with E-state index >= 15 is 0 Å². The molecule has 90 heavy (non-hydrogen) atoms. The number of carbonyl (C=O) groups is 7. The fourth-order valence-electron chi connectivity index (χ4n) is 15.6. The first-order valence-electron chi connectivity index (χ1n) is 33.2. The molecule has 5 N–H and O–H groups in total. The summed E-state index contributed by atoms with van der Waals surface area (Å²) in [7, 11) is 5.47. The summed E-state index contributed by atoms with van der Waals surface area (Å²) in [4.78, 5) is 96.2. The zero-order chi connectivity index (χ0) is 63.4. The molecule has 12 bridgehead atoms. The predicted octanol–water partition coefficient (Wildman–Crippen LogP) is 3.30. The molecule has 22 atom stereocenters. The van der Waals surface area contributed by atoms with Crippen LogP contribution < -0.4 is 21.3 Å². The molecule has 11 aliphatic heterocycles. The van der Waals surface area contributed by atoms with Gasteiger partial charge in [0.2, 0.25) is 35.4 Å². The van der Waals surface area contributed by atoms with Crippen LogP contribution in [-0.2, 0) is 88.8 Å². The second-order valence-electron chi connectivity index (χ2n) is 27.7. The molecule has 0 aliphatic carbocycles. The quantitative estimate of drug-likeness (QED) is 0.0425. The fraction of sp³-hybridized carbons (Fsp3) is 0.831. The summed E-state index contributed by atoms with van der Waals surface area (Å²) in [5.74, 6) is -4.12. The second kappa shape index (κ2) is 31.9. The number of imide groups is 1. The Morgan fingerprint density at radius 3 is 2.23 bits per heavy atom. The van der Waals surface area contributed by atoms with E-state index in [1.807, 2.05) is 19.0 Å². The number of rotatable bonds is 23. The van der Waals surface area contributed by atoms with E-state index in [0.717, 1.165) is 56.2 Å². The Kier molecular flexibility index (Phi) is 25.4. The molecular formula is C65H99N6O17STb-. The minimum absolute atomic E-state index is 0. The number of Topliss-reactive ketones (excluding diaryl/α,β-unsaturated/α-hetero) is 1. The molecule has 25 heteroatoms. The van der Waals surface area contributed by atoms with Crippen LogP contribution in [-0.4, -0.2) is 224 Å². The van der Waals surface area contributed by atoms with Gasteiger partial charge in [0.25, 0.3) is 0 Å².